The van der Waals surface area contributed by atoms with Crippen molar-refractivity contribution in [1.29, 1.82) is 5.26 Å². The summed E-state index contributed by atoms with van der Waals surface area (Å²) in [5.74, 6) is -0.205. The Morgan fingerprint density at radius 3 is 2.62 bits per heavy atom. The van der Waals surface area contributed by atoms with Gasteiger partial charge in [0, 0.05) is 56.2 Å². The third-order valence-electron chi connectivity index (χ3n) is 5.27. The van der Waals surface area contributed by atoms with Gasteiger partial charge in [-0.05, 0) is 37.6 Å². The number of guanidine groups is 1. The number of unbranched alkanes of at least 4 members (excludes halogenated alkanes) is 2. The number of hydrogen-bond acceptors (Lipinski definition) is 5. The van der Waals surface area contributed by atoms with E-state index >= 15 is 0 Å². The number of amides is 1. The summed E-state index contributed by atoms with van der Waals surface area (Å²) in [5.41, 5.74) is 1.22. The minimum atomic E-state index is -0.600. The molecule has 0 radical (unpaired) electrons. The summed E-state index contributed by atoms with van der Waals surface area (Å²) in [6.45, 7) is 4.95. The van der Waals surface area contributed by atoms with Gasteiger partial charge in [0.25, 0.3) is 5.91 Å². The van der Waals surface area contributed by atoms with E-state index in [-0.39, 0.29) is 11.9 Å². The van der Waals surface area contributed by atoms with Gasteiger partial charge in [0.1, 0.15) is 0 Å². The highest BCUT2D eigenvalue weighted by atomic mass is 19.1. The quantitative estimate of drug-likeness (QED) is 0.217. The second-order valence-corrected chi connectivity index (χ2v) is 7.54. The van der Waals surface area contributed by atoms with Crippen molar-refractivity contribution >= 4 is 17.6 Å². The van der Waals surface area contributed by atoms with Gasteiger partial charge in [0.15, 0.2) is 0 Å². The first-order valence-electron chi connectivity index (χ1n) is 10.8. The number of anilines is 1. The molecule has 168 valence electrons. The Morgan fingerprint density at radius 2 is 1.91 bits per heavy atom. The fraction of sp³-hybridized carbons (Fsp3) is 0.391. The number of nitrogens with zero attached hydrogens (tertiary/aromatic N) is 5. The van der Waals surface area contributed by atoms with Crippen LogP contribution in [0, 0.1) is 17.4 Å². The number of piperazine rings is 1. The summed E-state index contributed by atoms with van der Waals surface area (Å²) < 4.78 is 13.2. The summed E-state index contributed by atoms with van der Waals surface area (Å²) in [6, 6.07) is 12.3. The van der Waals surface area contributed by atoms with E-state index in [0.29, 0.717) is 12.2 Å². The van der Waals surface area contributed by atoms with Gasteiger partial charge >= 0.3 is 0 Å². The molecule has 0 saturated carbocycles. The molecule has 0 aliphatic carbocycles. The number of rotatable bonds is 8. The summed E-state index contributed by atoms with van der Waals surface area (Å²) in [4.78, 5) is 24.0. The standard InChI is InChI=1S/C23H28FN7O/c24-21-17-20(9-11-26-21)29-23(28-18-25)27-10-5-2-6-12-30-13-15-31(16-14-30)22(32)19-7-3-1-4-8-19/h1,3-4,7-9,11,17H,2,5-6,10,12-16H2,(H2,26,27,28,29). The van der Waals surface area contributed by atoms with Crippen molar-refractivity contribution in [2.45, 2.75) is 19.3 Å². The van der Waals surface area contributed by atoms with Gasteiger partial charge in [-0.15, -0.1) is 4.99 Å². The fourth-order valence-electron chi connectivity index (χ4n) is 3.56. The van der Waals surface area contributed by atoms with Crippen molar-refractivity contribution < 1.29 is 9.18 Å². The first-order valence-corrected chi connectivity index (χ1v) is 10.8. The average Bonchev–Trinajstić information content (AvgIpc) is 2.82. The summed E-state index contributed by atoms with van der Waals surface area (Å²) in [7, 11) is 0. The number of carbonyl (C=O) groups is 1. The van der Waals surface area contributed by atoms with Crippen LogP contribution in [0.5, 0.6) is 0 Å². The van der Waals surface area contributed by atoms with Crippen LogP contribution in [-0.4, -0.2) is 65.9 Å². The number of benzene rings is 1. The number of aliphatic imine (C=N–C) groups is 1. The lowest BCUT2D eigenvalue weighted by Gasteiger charge is -2.34. The van der Waals surface area contributed by atoms with Gasteiger partial charge < -0.3 is 15.5 Å². The molecule has 0 spiro atoms. The summed E-state index contributed by atoms with van der Waals surface area (Å²) in [6.07, 6.45) is 6.09. The van der Waals surface area contributed by atoms with Crippen molar-refractivity contribution in [3.8, 4) is 6.19 Å². The van der Waals surface area contributed by atoms with Crippen LogP contribution in [0.3, 0.4) is 0 Å². The van der Waals surface area contributed by atoms with Gasteiger partial charge in [-0.3, -0.25) is 9.69 Å². The largest absolute Gasteiger partial charge is 0.355 e. The highest BCUT2D eigenvalue weighted by Gasteiger charge is 2.21. The van der Waals surface area contributed by atoms with E-state index in [4.69, 9.17) is 5.26 Å². The predicted octanol–water partition coefficient (Wildman–Crippen LogP) is 2.69. The molecule has 3 rings (SSSR count). The zero-order valence-electron chi connectivity index (χ0n) is 18.0. The maximum absolute atomic E-state index is 13.2. The van der Waals surface area contributed by atoms with E-state index in [1.54, 1.807) is 12.3 Å². The monoisotopic (exact) mass is 437 g/mol. The highest BCUT2D eigenvalue weighted by Crippen LogP contribution is 2.10. The molecule has 1 aromatic carbocycles. The Labute approximate surface area is 187 Å². The number of halogens is 1. The molecule has 1 amide bonds. The van der Waals surface area contributed by atoms with E-state index in [2.05, 4.69) is 25.5 Å². The molecule has 32 heavy (non-hydrogen) atoms. The van der Waals surface area contributed by atoms with Crippen LogP contribution >= 0.6 is 0 Å². The van der Waals surface area contributed by atoms with E-state index in [1.807, 2.05) is 35.2 Å². The van der Waals surface area contributed by atoms with Crippen LogP contribution in [0.1, 0.15) is 29.6 Å². The second kappa shape index (κ2) is 12.4. The maximum atomic E-state index is 13.2. The minimum absolute atomic E-state index is 0.106. The van der Waals surface area contributed by atoms with Crippen molar-refractivity contribution in [1.82, 2.24) is 20.1 Å². The molecule has 2 aromatic rings. The number of hydrogen-bond donors (Lipinski definition) is 2. The Morgan fingerprint density at radius 1 is 1.12 bits per heavy atom. The number of carbonyl (C=O) groups excluding carboxylic acids is 1. The van der Waals surface area contributed by atoms with E-state index in [0.717, 1.165) is 57.5 Å². The first kappa shape index (κ1) is 23.2. The molecule has 9 heteroatoms. The maximum Gasteiger partial charge on any atom is 0.253 e. The van der Waals surface area contributed by atoms with Crippen LogP contribution in [0.15, 0.2) is 53.7 Å². The first-order chi connectivity index (χ1) is 15.7. The molecular weight excluding hydrogens is 409 g/mol. The molecule has 0 atom stereocenters. The smallest absolute Gasteiger partial charge is 0.253 e. The normalized spacial score (nSPS) is 14.6. The van der Waals surface area contributed by atoms with E-state index in [9.17, 15) is 9.18 Å². The van der Waals surface area contributed by atoms with Crippen LogP contribution in [0.4, 0.5) is 10.1 Å². The zero-order valence-corrected chi connectivity index (χ0v) is 18.0. The molecule has 1 aromatic heterocycles. The predicted molar refractivity (Wildman–Crippen MR) is 122 cm³/mol. The Balaban J connectivity index is 1.29. The molecule has 2 N–H and O–H groups in total. The highest BCUT2D eigenvalue weighted by molar-refractivity contribution is 5.94. The molecule has 0 bridgehead atoms. The second-order valence-electron chi connectivity index (χ2n) is 7.54. The molecule has 1 aliphatic rings. The van der Waals surface area contributed by atoms with Gasteiger partial charge in [0.05, 0.1) is 0 Å². The van der Waals surface area contributed by atoms with Crippen LogP contribution in [0.2, 0.25) is 0 Å². The minimum Gasteiger partial charge on any atom is -0.355 e. The molecule has 1 saturated heterocycles. The van der Waals surface area contributed by atoms with Crippen LogP contribution in [-0.2, 0) is 0 Å². The van der Waals surface area contributed by atoms with E-state index < -0.39 is 5.95 Å². The topological polar surface area (TPSA) is 96.7 Å². The number of nitrogens with one attached hydrogen (secondary N) is 2. The lowest BCUT2D eigenvalue weighted by Crippen LogP contribution is -2.48. The lowest BCUT2D eigenvalue weighted by molar-refractivity contribution is 0.0635. The Kier molecular flexibility index (Phi) is 8.95. The summed E-state index contributed by atoms with van der Waals surface area (Å²) >= 11 is 0. The Hall–Kier alpha value is -3.51. The van der Waals surface area contributed by atoms with Crippen LogP contribution < -0.4 is 10.6 Å². The van der Waals surface area contributed by atoms with Gasteiger partial charge in [-0.2, -0.15) is 9.65 Å². The van der Waals surface area contributed by atoms with Crippen molar-refractivity contribution in [3.63, 3.8) is 0 Å². The Bertz CT molecular complexity index is 937. The fourth-order valence-corrected chi connectivity index (χ4v) is 3.56. The number of pyridine rings is 1. The molecule has 8 nitrogen and oxygen atoms in total. The SMILES string of the molecule is N#CN=C(NCCCCCN1CCN(C(=O)c2ccccc2)CC1)Nc1ccnc(F)c1. The third-order valence-corrected chi connectivity index (χ3v) is 5.27. The third kappa shape index (κ3) is 7.32. The summed E-state index contributed by atoms with van der Waals surface area (Å²) in [5, 5.41) is 14.8. The van der Waals surface area contributed by atoms with Crippen LogP contribution in [0.25, 0.3) is 0 Å². The van der Waals surface area contributed by atoms with Crippen molar-refractivity contribution in [2.75, 3.05) is 44.6 Å². The molecule has 1 aliphatic heterocycles. The van der Waals surface area contributed by atoms with Crippen molar-refractivity contribution in [3.05, 3.63) is 60.2 Å². The number of aromatic nitrogens is 1. The lowest BCUT2D eigenvalue weighted by atomic mass is 10.1. The molecule has 2 heterocycles. The van der Waals surface area contributed by atoms with Gasteiger partial charge in [-0.25, -0.2) is 4.98 Å². The van der Waals surface area contributed by atoms with Crippen molar-refractivity contribution in [2.24, 2.45) is 4.99 Å². The molecule has 0 unspecified atom stereocenters. The van der Waals surface area contributed by atoms with Gasteiger partial charge in [0.2, 0.25) is 18.1 Å². The van der Waals surface area contributed by atoms with E-state index in [1.165, 1.54) is 12.3 Å². The zero-order chi connectivity index (χ0) is 22.6. The average molecular weight is 438 g/mol. The van der Waals surface area contributed by atoms with Gasteiger partial charge in [-0.1, -0.05) is 24.6 Å². The molecule has 1 fully saturated rings. The molecular formula is C23H28FN7O. The number of nitriles is 1.